The Hall–Kier alpha value is -1.79. The number of ether oxygens (including phenoxy) is 1. The molecule has 6 nitrogen and oxygen atoms in total. The van der Waals surface area contributed by atoms with Crippen molar-refractivity contribution in [2.24, 2.45) is 11.8 Å². The lowest BCUT2D eigenvalue weighted by molar-refractivity contribution is -0.147. The Balaban J connectivity index is 0.00000320. The van der Waals surface area contributed by atoms with E-state index in [4.69, 9.17) is 4.74 Å². The zero-order valence-corrected chi connectivity index (χ0v) is 19.0. The fraction of sp³-hybridized carbons (Fsp3) is 0.652. The average molecular weight is 438 g/mol. The van der Waals surface area contributed by atoms with Crippen molar-refractivity contribution >= 4 is 24.4 Å². The summed E-state index contributed by atoms with van der Waals surface area (Å²) >= 11 is 0. The third-order valence-corrected chi connectivity index (χ3v) is 6.58. The van der Waals surface area contributed by atoms with Gasteiger partial charge in [0.2, 0.25) is 0 Å². The standard InChI is InChI=1S/C23H35N3O3.ClH/c1-3-7-19(21(27)29-2)16-23(20-8-5-4-6-9-20)17-25-22(28)26(23)15-12-18-10-13-24-14-11-18;/h4-6,8-9,18-19,24H,3,7,10-17H2,1-2H3,(H,25,28);1H. The number of amides is 2. The maximum atomic E-state index is 12.9. The van der Waals surface area contributed by atoms with E-state index in [1.807, 2.05) is 23.1 Å². The minimum Gasteiger partial charge on any atom is -0.469 e. The molecule has 0 saturated carbocycles. The van der Waals surface area contributed by atoms with E-state index < -0.39 is 5.54 Å². The first-order chi connectivity index (χ1) is 14.1. The highest BCUT2D eigenvalue weighted by atomic mass is 35.5. The van der Waals surface area contributed by atoms with Gasteiger partial charge in [0.1, 0.15) is 0 Å². The zero-order chi connectivity index (χ0) is 20.7. The molecule has 0 bridgehead atoms. The van der Waals surface area contributed by atoms with Crippen molar-refractivity contribution in [1.29, 1.82) is 0 Å². The van der Waals surface area contributed by atoms with Crippen LogP contribution in [-0.4, -0.2) is 50.2 Å². The Morgan fingerprint density at radius 2 is 1.97 bits per heavy atom. The monoisotopic (exact) mass is 437 g/mol. The van der Waals surface area contributed by atoms with E-state index in [0.717, 1.165) is 50.8 Å². The van der Waals surface area contributed by atoms with Gasteiger partial charge >= 0.3 is 12.0 Å². The first-order valence-corrected chi connectivity index (χ1v) is 11.0. The van der Waals surface area contributed by atoms with E-state index in [9.17, 15) is 9.59 Å². The third kappa shape index (κ3) is 5.46. The summed E-state index contributed by atoms with van der Waals surface area (Å²) in [5, 5.41) is 6.48. The van der Waals surface area contributed by atoms with Gasteiger partial charge in [-0.05, 0) is 56.7 Å². The molecule has 1 aromatic rings. The molecular weight excluding hydrogens is 402 g/mol. The Bertz CT molecular complexity index is 682. The van der Waals surface area contributed by atoms with Crippen molar-refractivity contribution in [3.05, 3.63) is 35.9 Å². The summed E-state index contributed by atoms with van der Waals surface area (Å²) in [5.41, 5.74) is 0.577. The average Bonchev–Trinajstić information content (AvgIpc) is 3.09. The molecule has 2 aliphatic heterocycles. The molecule has 168 valence electrons. The first kappa shape index (κ1) is 24.5. The van der Waals surface area contributed by atoms with Crippen LogP contribution >= 0.6 is 12.4 Å². The van der Waals surface area contributed by atoms with Gasteiger partial charge in [-0.2, -0.15) is 0 Å². The van der Waals surface area contributed by atoms with Crippen molar-refractivity contribution in [3.8, 4) is 0 Å². The maximum absolute atomic E-state index is 12.9. The van der Waals surface area contributed by atoms with Crippen molar-refractivity contribution in [2.45, 2.75) is 51.0 Å². The van der Waals surface area contributed by atoms with Gasteiger partial charge in [-0.25, -0.2) is 4.79 Å². The van der Waals surface area contributed by atoms with E-state index in [1.54, 1.807) is 0 Å². The number of hydrogen-bond donors (Lipinski definition) is 2. The molecule has 0 radical (unpaired) electrons. The molecule has 0 aliphatic carbocycles. The van der Waals surface area contributed by atoms with Crippen LogP contribution in [0.2, 0.25) is 0 Å². The highest BCUT2D eigenvalue weighted by Gasteiger charge is 2.48. The van der Waals surface area contributed by atoms with Gasteiger partial charge in [0, 0.05) is 13.1 Å². The van der Waals surface area contributed by atoms with Gasteiger partial charge < -0.3 is 20.3 Å². The van der Waals surface area contributed by atoms with Crippen LogP contribution < -0.4 is 10.6 Å². The number of benzene rings is 1. The summed E-state index contributed by atoms with van der Waals surface area (Å²) in [5.74, 6) is 0.240. The number of hydrogen-bond acceptors (Lipinski definition) is 4. The molecule has 2 fully saturated rings. The predicted octanol–water partition coefficient (Wildman–Crippen LogP) is 3.70. The Morgan fingerprint density at radius 3 is 2.60 bits per heavy atom. The van der Waals surface area contributed by atoms with Crippen molar-refractivity contribution in [1.82, 2.24) is 15.5 Å². The summed E-state index contributed by atoms with van der Waals surface area (Å²) in [4.78, 5) is 27.4. The van der Waals surface area contributed by atoms with Crippen LogP contribution in [0, 0.1) is 11.8 Å². The minimum atomic E-state index is -0.515. The summed E-state index contributed by atoms with van der Waals surface area (Å²) in [6.07, 6.45) is 5.57. The van der Waals surface area contributed by atoms with Crippen molar-refractivity contribution in [2.75, 3.05) is 33.3 Å². The number of esters is 1. The quantitative estimate of drug-likeness (QED) is 0.578. The molecule has 30 heavy (non-hydrogen) atoms. The molecule has 0 aromatic heterocycles. The molecule has 2 N–H and O–H groups in total. The molecule has 7 heteroatoms. The molecule has 2 unspecified atom stereocenters. The van der Waals surface area contributed by atoms with Gasteiger partial charge in [0.05, 0.1) is 18.6 Å². The van der Waals surface area contributed by atoms with Crippen LogP contribution in [0.4, 0.5) is 4.79 Å². The SMILES string of the molecule is CCCC(CC1(c2ccccc2)CNC(=O)N1CCC1CCNCC1)C(=O)OC.Cl. The van der Waals surface area contributed by atoms with Gasteiger partial charge in [-0.15, -0.1) is 12.4 Å². The van der Waals surface area contributed by atoms with E-state index in [2.05, 4.69) is 29.7 Å². The molecule has 3 rings (SSSR count). The largest absolute Gasteiger partial charge is 0.469 e. The third-order valence-electron chi connectivity index (χ3n) is 6.58. The Kier molecular flexibility index (Phi) is 9.43. The lowest BCUT2D eigenvalue weighted by atomic mass is 9.79. The van der Waals surface area contributed by atoms with Crippen LogP contribution in [0.25, 0.3) is 0 Å². The van der Waals surface area contributed by atoms with Crippen LogP contribution in [-0.2, 0) is 15.1 Å². The first-order valence-electron chi connectivity index (χ1n) is 11.0. The lowest BCUT2D eigenvalue weighted by Crippen LogP contribution is -2.48. The summed E-state index contributed by atoms with van der Waals surface area (Å²) in [6, 6.07) is 10.2. The smallest absolute Gasteiger partial charge is 0.318 e. The molecule has 2 amide bonds. The van der Waals surface area contributed by atoms with Crippen LogP contribution in [0.3, 0.4) is 0 Å². The molecule has 2 saturated heterocycles. The zero-order valence-electron chi connectivity index (χ0n) is 18.2. The van der Waals surface area contributed by atoms with Crippen LogP contribution in [0.1, 0.15) is 51.0 Å². The Labute approximate surface area is 186 Å². The van der Waals surface area contributed by atoms with Crippen molar-refractivity contribution < 1.29 is 14.3 Å². The second-order valence-corrected chi connectivity index (χ2v) is 8.40. The summed E-state index contributed by atoms with van der Waals surface area (Å²) in [7, 11) is 1.45. The van der Waals surface area contributed by atoms with E-state index in [0.29, 0.717) is 25.4 Å². The molecule has 0 spiro atoms. The van der Waals surface area contributed by atoms with Gasteiger partial charge in [0.15, 0.2) is 0 Å². The number of urea groups is 1. The van der Waals surface area contributed by atoms with Gasteiger partial charge in [-0.3, -0.25) is 4.79 Å². The summed E-state index contributed by atoms with van der Waals surface area (Å²) in [6.45, 7) is 5.44. The lowest BCUT2D eigenvalue weighted by Gasteiger charge is -2.40. The number of piperidine rings is 1. The number of rotatable bonds is 9. The highest BCUT2D eigenvalue weighted by molar-refractivity contribution is 5.85. The molecule has 2 aliphatic rings. The van der Waals surface area contributed by atoms with Crippen LogP contribution in [0.5, 0.6) is 0 Å². The normalized spacial score (nSPS) is 22.9. The van der Waals surface area contributed by atoms with E-state index in [1.165, 1.54) is 7.11 Å². The number of nitrogens with zero attached hydrogens (tertiary/aromatic N) is 1. The van der Waals surface area contributed by atoms with E-state index >= 15 is 0 Å². The Morgan fingerprint density at radius 1 is 1.27 bits per heavy atom. The predicted molar refractivity (Wildman–Crippen MR) is 121 cm³/mol. The molecule has 1 aromatic carbocycles. The maximum Gasteiger partial charge on any atom is 0.318 e. The van der Waals surface area contributed by atoms with Crippen molar-refractivity contribution in [3.63, 3.8) is 0 Å². The summed E-state index contributed by atoms with van der Waals surface area (Å²) < 4.78 is 5.10. The van der Waals surface area contributed by atoms with Crippen LogP contribution in [0.15, 0.2) is 30.3 Å². The van der Waals surface area contributed by atoms with Gasteiger partial charge in [0.25, 0.3) is 0 Å². The number of carbonyl (C=O) groups is 2. The van der Waals surface area contributed by atoms with Gasteiger partial charge in [-0.1, -0.05) is 43.7 Å². The fourth-order valence-electron chi connectivity index (χ4n) is 4.94. The van der Waals surface area contributed by atoms with E-state index in [-0.39, 0.29) is 30.3 Å². The number of nitrogens with one attached hydrogen (secondary N) is 2. The number of carbonyl (C=O) groups excluding carboxylic acids is 2. The number of methoxy groups -OCH3 is 1. The minimum absolute atomic E-state index is 0. The molecule has 2 heterocycles. The highest BCUT2D eigenvalue weighted by Crippen LogP contribution is 2.40. The molecular formula is C23H36ClN3O3. The fourth-order valence-corrected chi connectivity index (χ4v) is 4.94. The molecule has 2 atom stereocenters. The second kappa shape index (κ2) is 11.6. The topological polar surface area (TPSA) is 70.7 Å². The number of halogens is 1. The second-order valence-electron chi connectivity index (χ2n) is 8.40.